The number of hydrogen-bond donors (Lipinski definition) is 1. The van der Waals surface area contributed by atoms with Gasteiger partial charge in [-0.2, -0.15) is 0 Å². The Morgan fingerprint density at radius 2 is 1.83 bits per heavy atom. The lowest BCUT2D eigenvalue weighted by molar-refractivity contribution is -0.119. The Balaban J connectivity index is 2.09. The fraction of sp³-hybridized carbons (Fsp3) is 0.133. The Morgan fingerprint density at radius 3 is 2.50 bits per heavy atom. The first-order valence-corrected chi connectivity index (χ1v) is 5.74. The first-order chi connectivity index (χ1) is 8.66. The zero-order chi connectivity index (χ0) is 13.0. The highest BCUT2D eigenvalue weighted by Gasteiger charge is 2.15. The summed E-state index contributed by atoms with van der Waals surface area (Å²) in [7, 11) is 0. The van der Waals surface area contributed by atoms with Crippen LogP contribution in [-0.2, 0) is 11.2 Å². The number of Topliss-reactive ketones (excluding diaryl/α,β-unsaturated/α-hetero) is 1. The molecule has 1 atom stereocenters. The van der Waals surface area contributed by atoms with Crippen molar-refractivity contribution in [3.05, 3.63) is 71.5 Å². The molecule has 3 heteroatoms. The second-order valence-electron chi connectivity index (χ2n) is 4.16. The standard InChI is InChI=1S/C15H14FNO/c16-13-8-4-5-11(9-13)10-14(18)15(17)12-6-2-1-3-7-12/h1-9,15H,10,17H2. The van der Waals surface area contributed by atoms with Gasteiger partial charge in [-0.15, -0.1) is 0 Å². The lowest BCUT2D eigenvalue weighted by Gasteiger charge is -2.10. The summed E-state index contributed by atoms with van der Waals surface area (Å²) < 4.78 is 13.0. The fourth-order valence-electron chi connectivity index (χ4n) is 1.80. The minimum atomic E-state index is -0.658. The van der Waals surface area contributed by atoms with Gasteiger partial charge in [0.1, 0.15) is 5.82 Å². The molecule has 0 radical (unpaired) electrons. The van der Waals surface area contributed by atoms with Crippen LogP contribution in [0.2, 0.25) is 0 Å². The van der Waals surface area contributed by atoms with Crippen molar-refractivity contribution in [2.75, 3.05) is 0 Å². The van der Waals surface area contributed by atoms with Crippen LogP contribution in [0.5, 0.6) is 0 Å². The molecule has 2 rings (SSSR count). The summed E-state index contributed by atoms with van der Waals surface area (Å²) in [6.45, 7) is 0. The van der Waals surface area contributed by atoms with Crippen LogP contribution in [0.4, 0.5) is 4.39 Å². The van der Waals surface area contributed by atoms with Crippen LogP contribution < -0.4 is 5.73 Å². The van der Waals surface area contributed by atoms with Crippen molar-refractivity contribution < 1.29 is 9.18 Å². The number of ketones is 1. The van der Waals surface area contributed by atoms with Gasteiger partial charge in [-0.25, -0.2) is 4.39 Å². The Labute approximate surface area is 105 Å². The summed E-state index contributed by atoms with van der Waals surface area (Å²) in [5.41, 5.74) is 7.30. The van der Waals surface area contributed by atoms with Gasteiger partial charge in [0, 0.05) is 6.42 Å². The number of benzene rings is 2. The molecule has 92 valence electrons. The predicted molar refractivity (Wildman–Crippen MR) is 68.5 cm³/mol. The van der Waals surface area contributed by atoms with Crippen LogP contribution in [0.15, 0.2) is 54.6 Å². The van der Waals surface area contributed by atoms with Gasteiger partial charge in [-0.1, -0.05) is 42.5 Å². The normalized spacial score (nSPS) is 12.1. The average molecular weight is 243 g/mol. The number of carbonyl (C=O) groups excluding carboxylic acids is 1. The molecule has 0 bridgehead atoms. The fourth-order valence-corrected chi connectivity index (χ4v) is 1.80. The van der Waals surface area contributed by atoms with E-state index in [4.69, 9.17) is 5.73 Å². The lowest BCUT2D eigenvalue weighted by atomic mass is 9.98. The molecular formula is C15H14FNO. The summed E-state index contributed by atoms with van der Waals surface area (Å²) in [5, 5.41) is 0. The Bertz CT molecular complexity index is 539. The molecular weight excluding hydrogens is 229 g/mol. The van der Waals surface area contributed by atoms with Gasteiger partial charge in [-0.3, -0.25) is 4.79 Å². The maximum Gasteiger partial charge on any atom is 0.158 e. The third kappa shape index (κ3) is 3.02. The molecule has 18 heavy (non-hydrogen) atoms. The van der Waals surface area contributed by atoms with Crippen molar-refractivity contribution in [2.24, 2.45) is 5.73 Å². The first-order valence-electron chi connectivity index (χ1n) is 5.74. The molecule has 0 aromatic heterocycles. The van der Waals surface area contributed by atoms with Crippen LogP contribution in [0.1, 0.15) is 17.2 Å². The second-order valence-corrected chi connectivity index (χ2v) is 4.16. The number of halogens is 1. The van der Waals surface area contributed by atoms with Gasteiger partial charge in [0.2, 0.25) is 0 Å². The van der Waals surface area contributed by atoms with Crippen LogP contribution in [-0.4, -0.2) is 5.78 Å². The number of rotatable bonds is 4. The number of nitrogens with two attached hydrogens (primary N) is 1. The molecule has 0 saturated carbocycles. The molecule has 0 aliphatic rings. The maximum atomic E-state index is 13.0. The highest BCUT2D eigenvalue weighted by molar-refractivity contribution is 5.87. The van der Waals surface area contributed by atoms with E-state index in [2.05, 4.69) is 0 Å². The van der Waals surface area contributed by atoms with Gasteiger partial charge in [0.25, 0.3) is 0 Å². The minimum absolute atomic E-state index is 0.119. The molecule has 0 saturated heterocycles. The highest BCUT2D eigenvalue weighted by atomic mass is 19.1. The van der Waals surface area contributed by atoms with Crippen molar-refractivity contribution in [1.82, 2.24) is 0 Å². The molecule has 2 N–H and O–H groups in total. The Morgan fingerprint density at radius 1 is 1.11 bits per heavy atom. The summed E-state index contributed by atoms with van der Waals surface area (Å²) in [6, 6.07) is 14.5. The van der Waals surface area contributed by atoms with Crippen LogP contribution in [0.3, 0.4) is 0 Å². The van der Waals surface area contributed by atoms with E-state index in [1.54, 1.807) is 12.1 Å². The van der Waals surface area contributed by atoms with Crippen LogP contribution >= 0.6 is 0 Å². The van der Waals surface area contributed by atoms with Crippen molar-refractivity contribution in [3.8, 4) is 0 Å². The monoisotopic (exact) mass is 243 g/mol. The largest absolute Gasteiger partial charge is 0.318 e. The highest BCUT2D eigenvalue weighted by Crippen LogP contribution is 2.14. The minimum Gasteiger partial charge on any atom is -0.318 e. The summed E-state index contributed by atoms with van der Waals surface area (Å²) in [4.78, 5) is 12.0. The molecule has 0 aliphatic heterocycles. The van der Waals surface area contributed by atoms with Crippen LogP contribution in [0.25, 0.3) is 0 Å². The first kappa shape index (κ1) is 12.5. The molecule has 1 unspecified atom stereocenters. The van der Waals surface area contributed by atoms with Gasteiger partial charge in [-0.05, 0) is 23.3 Å². The zero-order valence-corrected chi connectivity index (χ0v) is 9.84. The predicted octanol–water partition coefficient (Wildman–Crippen LogP) is 2.64. The maximum absolute atomic E-state index is 13.0. The summed E-state index contributed by atoms with van der Waals surface area (Å²) in [5.74, 6) is -0.458. The van der Waals surface area contributed by atoms with E-state index in [1.165, 1.54) is 12.1 Å². The summed E-state index contributed by atoms with van der Waals surface area (Å²) >= 11 is 0. The van der Waals surface area contributed by atoms with Crippen molar-refractivity contribution in [3.63, 3.8) is 0 Å². The van der Waals surface area contributed by atoms with E-state index in [9.17, 15) is 9.18 Å². The number of hydrogen-bond acceptors (Lipinski definition) is 2. The summed E-state index contributed by atoms with van der Waals surface area (Å²) in [6.07, 6.45) is 0.147. The van der Waals surface area contributed by atoms with Crippen molar-refractivity contribution in [1.29, 1.82) is 0 Å². The number of carbonyl (C=O) groups is 1. The Hall–Kier alpha value is -2.00. The van der Waals surface area contributed by atoms with Crippen molar-refractivity contribution >= 4 is 5.78 Å². The quantitative estimate of drug-likeness (QED) is 0.897. The third-order valence-corrected chi connectivity index (χ3v) is 2.77. The topological polar surface area (TPSA) is 43.1 Å². The second kappa shape index (κ2) is 5.56. The van der Waals surface area contributed by atoms with E-state index in [-0.39, 0.29) is 18.0 Å². The van der Waals surface area contributed by atoms with Gasteiger partial charge in [0.15, 0.2) is 5.78 Å². The van der Waals surface area contributed by atoms with E-state index in [0.29, 0.717) is 5.56 Å². The zero-order valence-electron chi connectivity index (χ0n) is 9.84. The van der Waals surface area contributed by atoms with Gasteiger partial charge < -0.3 is 5.73 Å². The third-order valence-electron chi connectivity index (χ3n) is 2.77. The van der Waals surface area contributed by atoms with E-state index in [1.807, 2.05) is 30.3 Å². The van der Waals surface area contributed by atoms with Gasteiger partial charge in [0.05, 0.1) is 6.04 Å². The Kier molecular flexibility index (Phi) is 3.85. The van der Waals surface area contributed by atoms with E-state index in [0.717, 1.165) is 5.56 Å². The van der Waals surface area contributed by atoms with Gasteiger partial charge >= 0.3 is 0 Å². The molecule has 2 nitrogen and oxygen atoms in total. The average Bonchev–Trinajstić information content (AvgIpc) is 2.39. The molecule has 0 spiro atoms. The lowest BCUT2D eigenvalue weighted by Crippen LogP contribution is -2.23. The molecule has 0 heterocycles. The van der Waals surface area contributed by atoms with E-state index >= 15 is 0 Å². The molecule has 0 aliphatic carbocycles. The van der Waals surface area contributed by atoms with Crippen molar-refractivity contribution in [2.45, 2.75) is 12.5 Å². The van der Waals surface area contributed by atoms with Crippen LogP contribution in [0, 0.1) is 5.82 Å². The molecule has 2 aromatic carbocycles. The van der Waals surface area contributed by atoms with E-state index < -0.39 is 6.04 Å². The molecule has 0 amide bonds. The molecule has 0 fully saturated rings. The molecule has 2 aromatic rings. The smallest absolute Gasteiger partial charge is 0.158 e. The SMILES string of the molecule is NC(C(=O)Cc1cccc(F)c1)c1ccccc1.